The van der Waals surface area contributed by atoms with Gasteiger partial charge in [0.05, 0.1) is 6.10 Å². The van der Waals surface area contributed by atoms with Crippen molar-refractivity contribution in [2.45, 2.75) is 57.7 Å². The lowest BCUT2D eigenvalue weighted by atomic mass is 10.1. The summed E-state index contributed by atoms with van der Waals surface area (Å²) in [6.07, 6.45) is 2.43. The van der Waals surface area contributed by atoms with Crippen molar-refractivity contribution in [2.24, 2.45) is 0 Å². The van der Waals surface area contributed by atoms with Gasteiger partial charge >= 0.3 is 0 Å². The van der Waals surface area contributed by atoms with Crippen molar-refractivity contribution in [2.75, 3.05) is 6.54 Å². The van der Waals surface area contributed by atoms with Crippen molar-refractivity contribution in [3.8, 4) is 0 Å². The van der Waals surface area contributed by atoms with E-state index in [0.29, 0.717) is 12.0 Å². The Morgan fingerprint density at radius 3 is 2.65 bits per heavy atom. The van der Waals surface area contributed by atoms with Crippen LogP contribution < -0.4 is 5.32 Å². The van der Waals surface area contributed by atoms with Crippen LogP contribution in [0.1, 0.15) is 49.9 Å². The molecule has 126 valence electrons. The molecule has 0 spiro atoms. The van der Waals surface area contributed by atoms with Crippen LogP contribution in [0.15, 0.2) is 30.3 Å². The number of nitrogens with one attached hydrogen (secondary N) is 1. The van der Waals surface area contributed by atoms with Crippen molar-refractivity contribution in [3.63, 3.8) is 0 Å². The molecule has 0 aromatic heterocycles. The summed E-state index contributed by atoms with van der Waals surface area (Å²) in [5.74, 6) is -0.109. The second-order valence-electron chi connectivity index (χ2n) is 6.41. The van der Waals surface area contributed by atoms with E-state index in [1.54, 1.807) is 19.1 Å². The van der Waals surface area contributed by atoms with Gasteiger partial charge in [-0.1, -0.05) is 18.2 Å². The minimum atomic E-state index is -0.399. The standard InChI is InChI=1S/C18H26N2O3/c1-13(19-18(23)15-7-4-3-5-8-15)11-17(22)20-10-6-9-16(20)12-14(2)21/h3-5,7-8,13-14,16,21H,6,9-12H2,1-2H3,(H,19,23). The number of aliphatic hydroxyl groups excluding tert-OH is 1. The molecule has 0 aliphatic carbocycles. The largest absolute Gasteiger partial charge is 0.393 e. The van der Waals surface area contributed by atoms with Gasteiger partial charge in [0.15, 0.2) is 0 Å². The molecule has 23 heavy (non-hydrogen) atoms. The number of aliphatic hydroxyl groups is 1. The average Bonchev–Trinajstić information content (AvgIpc) is 2.95. The van der Waals surface area contributed by atoms with Crippen LogP contribution in [0.2, 0.25) is 0 Å². The van der Waals surface area contributed by atoms with Crippen LogP contribution in [0.3, 0.4) is 0 Å². The highest BCUT2D eigenvalue weighted by molar-refractivity contribution is 5.94. The summed E-state index contributed by atoms with van der Waals surface area (Å²) in [4.78, 5) is 26.4. The summed E-state index contributed by atoms with van der Waals surface area (Å²) in [5, 5.41) is 12.4. The van der Waals surface area contributed by atoms with Gasteiger partial charge in [0, 0.05) is 30.6 Å². The first-order chi connectivity index (χ1) is 11.0. The number of carbonyl (C=O) groups excluding carboxylic acids is 2. The summed E-state index contributed by atoms with van der Waals surface area (Å²) in [7, 11) is 0. The third-order valence-electron chi connectivity index (χ3n) is 4.20. The molecule has 5 heteroatoms. The number of carbonyl (C=O) groups is 2. The third kappa shape index (κ3) is 5.06. The Hall–Kier alpha value is -1.88. The Balaban J connectivity index is 1.86. The number of benzene rings is 1. The molecule has 1 saturated heterocycles. The quantitative estimate of drug-likeness (QED) is 0.842. The van der Waals surface area contributed by atoms with Gasteiger partial charge in [-0.25, -0.2) is 0 Å². The highest BCUT2D eigenvalue weighted by atomic mass is 16.3. The molecular weight excluding hydrogens is 292 g/mol. The summed E-state index contributed by atoms with van der Waals surface area (Å²) in [6, 6.07) is 8.90. The van der Waals surface area contributed by atoms with E-state index in [9.17, 15) is 14.7 Å². The molecule has 2 N–H and O–H groups in total. The van der Waals surface area contributed by atoms with Crippen LogP contribution in [0.5, 0.6) is 0 Å². The van der Waals surface area contributed by atoms with E-state index < -0.39 is 6.10 Å². The van der Waals surface area contributed by atoms with Gasteiger partial charge in [-0.3, -0.25) is 9.59 Å². The molecular formula is C18H26N2O3. The molecule has 3 atom stereocenters. The van der Waals surface area contributed by atoms with E-state index >= 15 is 0 Å². The zero-order valence-corrected chi connectivity index (χ0v) is 13.9. The maximum atomic E-state index is 12.5. The number of amides is 2. The van der Waals surface area contributed by atoms with Crippen molar-refractivity contribution in [1.82, 2.24) is 10.2 Å². The van der Waals surface area contributed by atoms with E-state index in [2.05, 4.69) is 5.32 Å². The summed E-state index contributed by atoms with van der Waals surface area (Å²) >= 11 is 0. The maximum Gasteiger partial charge on any atom is 0.251 e. The first-order valence-corrected chi connectivity index (χ1v) is 8.31. The molecule has 1 aliphatic heterocycles. The lowest BCUT2D eigenvalue weighted by Crippen LogP contribution is -2.42. The van der Waals surface area contributed by atoms with E-state index in [0.717, 1.165) is 19.4 Å². The van der Waals surface area contributed by atoms with Crippen LogP contribution in [-0.2, 0) is 4.79 Å². The zero-order valence-electron chi connectivity index (χ0n) is 13.9. The Bertz CT molecular complexity index is 530. The van der Waals surface area contributed by atoms with Crippen molar-refractivity contribution < 1.29 is 14.7 Å². The fourth-order valence-electron chi connectivity index (χ4n) is 3.13. The number of likely N-dealkylation sites (tertiary alicyclic amines) is 1. The lowest BCUT2D eigenvalue weighted by Gasteiger charge is -2.27. The van der Waals surface area contributed by atoms with Crippen LogP contribution in [0.25, 0.3) is 0 Å². The van der Waals surface area contributed by atoms with Gasteiger partial charge < -0.3 is 15.3 Å². The van der Waals surface area contributed by atoms with E-state index in [1.807, 2.05) is 30.0 Å². The molecule has 0 bridgehead atoms. The topological polar surface area (TPSA) is 69.6 Å². The van der Waals surface area contributed by atoms with Crippen LogP contribution >= 0.6 is 0 Å². The number of nitrogens with zero attached hydrogens (tertiary/aromatic N) is 1. The molecule has 2 rings (SSSR count). The summed E-state index contributed by atoms with van der Waals surface area (Å²) < 4.78 is 0. The van der Waals surface area contributed by atoms with E-state index in [4.69, 9.17) is 0 Å². The monoisotopic (exact) mass is 318 g/mol. The van der Waals surface area contributed by atoms with Gasteiger partial charge in [0.1, 0.15) is 0 Å². The van der Waals surface area contributed by atoms with Gasteiger partial charge in [0.2, 0.25) is 5.91 Å². The van der Waals surface area contributed by atoms with Crippen LogP contribution in [-0.4, -0.2) is 46.6 Å². The number of rotatable bonds is 6. The molecule has 1 heterocycles. The van der Waals surface area contributed by atoms with E-state index in [1.165, 1.54) is 0 Å². The third-order valence-corrected chi connectivity index (χ3v) is 4.20. The molecule has 1 aromatic rings. The normalized spacial score (nSPS) is 20.1. The molecule has 3 unspecified atom stereocenters. The average molecular weight is 318 g/mol. The maximum absolute atomic E-state index is 12.5. The van der Waals surface area contributed by atoms with Gasteiger partial charge in [0.25, 0.3) is 5.91 Å². The van der Waals surface area contributed by atoms with Gasteiger partial charge in [-0.15, -0.1) is 0 Å². The Morgan fingerprint density at radius 1 is 1.30 bits per heavy atom. The minimum Gasteiger partial charge on any atom is -0.393 e. The highest BCUT2D eigenvalue weighted by Crippen LogP contribution is 2.22. The lowest BCUT2D eigenvalue weighted by molar-refractivity contribution is -0.132. The highest BCUT2D eigenvalue weighted by Gasteiger charge is 2.30. The van der Waals surface area contributed by atoms with Gasteiger partial charge in [-0.2, -0.15) is 0 Å². The SMILES string of the molecule is CC(O)CC1CCCN1C(=O)CC(C)NC(=O)c1ccccc1. The molecule has 1 aliphatic rings. The minimum absolute atomic E-state index is 0.0500. The van der Waals surface area contributed by atoms with Crippen LogP contribution in [0, 0.1) is 0 Å². The Labute approximate surface area is 137 Å². The van der Waals surface area contributed by atoms with Crippen LogP contribution in [0.4, 0.5) is 0 Å². The molecule has 0 saturated carbocycles. The molecule has 5 nitrogen and oxygen atoms in total. The smallest absolute Gasteiger partial charge is 0.251 e. The number of hydrogen-bond donors (Lipinski definition) is 2. The second-order valence-corrected chi connectivity index (χ2v) is 6.41. The summed E-state index contributed by atoms with van der Waals surface area (Å²) in [5.41, 5.74) is 0.597. The summed E-state index contributed by atoms with van der Waals surface area (Å²) in [6.45, 7) is 4.34. The Kier molecular flexibility index (Phi) is 6.16. The molecule has 0 radical (unpaired) electrons. The van der Waals surface area contributed by atoms with Gasteiger partial charge in [-0.05, 0) is 45.2 Å². The zero-order chi connectivity index (χ0) is 16.8. The first kappa shape index (κ1) is 17.5. The predicted molar refractivity (Wildman–Crippen MR) is 89.0 cm³/mol. The fourth-order valence-corrected chi connectivity index (χ4v) is 3.13. The number of hydrogen-bond acceptors (Lipinski definition) is 3. The van der Waals surface area contributed by atoms with Crippen molar-refractivity contribution >= 4 is 11.8 Å². The molecule has 2 amide bonds. The molecule has 1 aromatic carbocycles. The first-order valence-electron chi connectivity index (χ1n) is 8.31. The van der Waals surface area contributed by atoms with E-state index in [-0.39, 0.29) is 30.3 Å². The van der Waals surface area contributed by atoms with Crippen molar-refractivity contribution in [3.05, 3.63) is 35.9 Å². The predicted octanol–water partition coefficient (Wildman–Crippen LogP) is 1.96. The fraction of sp³-hybridized carbons (Fsp3) is 0.556. The second kappa shape index (κ2) is 8.11. The molecule has 1 fully saturated rings. The Morgan fingerprint density at radius 2 is 2.00 bits per heavy atom. The van der Waals surface area contributed by atoms with Crippen molar-refractivity contribution in [1.29, 1.82) is 0 Å².